The first-order valence-corrected chi connectivity index (χ1v) is 7.81. The van der Waals surface area contributed by atoms with E-state index < -0.39 is 11.6 Å². The average molecular weight is 350 g/mol. The third-order valence-corrected chi connectivity index (χ3v) is 3.37. The minimum absolute atomic E-state index is 0.0540. The maximum absolute atomic E-state index is 13.3. The van der Waals surface area contributed by atoms with Crippen molar-refractivity contribution in [3.63, 3.8) is 0 Å². The summed E-state index contributed by atoms with van der Waals surface area (Å²) < 4.78 is 36.4. The van der Waals surface area contributed by atoms with E-state index in [-0.39, 0.29) is 24.9 Å². The molecule has 0 unspecified atom stereocenters. The molecule has 5 nitrogen and oxygen atoms in total. The Morgan fingerprint density at radius 2 is 1.88 bits per heavy atom. The molecule has 134 valence electrons. The summed E-state index contributed by atoms with van der Waals surface area (Å²) in [6.45, 7) is 0.736. The van der Waals surface area contributed by atoms with Gasteiger partial charge < -0.3 is 20.1 Å². The van der Waals surface area contributed by atoms with Gasteiger partial charge in [-0.25, -0.2) is 13.6 Å². The number of urea groups is 1. The summed E-state index contributed by atoms with van der Waals surface area (Å²) in [7, 11) is 1.60. The van der Waals surface area contributed by atoms with Gasteiger partial charge in [0, 0.05) is 12.6 Å². The highest BCUT2D eigenvalue weighted by molar-refractivity contribution is 5.73. The van der Waals surface area contributed by atoms with Crippen LogP contribution in [0.3, 0.4) is 0 Å². The van der Waals surface area contributed by atoms with Crippen LogP contribution in [0.5, 0.6) is 11.5 Å². The highest BCUT2D eigenvalue weighted by Gasteiger charge is 2.05. The molecule has 0 aromatic heterocycles. The molecule has 2 N–H and O–H groups in total. The number of hydrogen-bond acceptors (Lipinski definition) is 3. The first-order valence-electron chi connectivity index (χ1n) is 7.81. The van der Waals surface area contributed by atoms with Gasteiger partial charge in [0.25, 0.3) is 0 Å². The van der Waals surface area contributed by atoms with E-state index in [2.05, 4.69) is 10.6 Å². The molecule has 0 saturated carbocycles. The largest absolute Gasteiger partial charge is 0.497 e. The maximum atomic E-state index is 13.3. The number of amides is 2. The van der Waals surface area contributed by atoms with Crippen LogP contribution in [0, 0.1) is 11.6 Å². The van der Waals surface area contributed by atoms with Gasteiger partial charge in [-0.1, -0.05) is 12.1 Å². The molecule has 0 aliphatic heterocycles. The van der Waals surface area contributed by atoms with Gasteiger partial charge in [0.2, 0.25) is 0 Å². The Hall–Kier alpha value is -2.83. The SMILES string of the molecule is COc1cccc(CCNC(=O)NCCOc2ccc(F)cc2F)c1. The summed E-state index contributed by atoms with van der Waals surface area (Å²) >= 11 is 0. The van der Waals surface area contributed by atoms with Crippen LogP contribution in [-0.2, 0) is 6.42 Å². The highest BCUT2D eigenvalue weighted by atomic mass is 19.1. The number of carbonyl (C=O) groups is 1. The van der Waals surface area contributed by atoms with Gasteiger partial charge in [0.1, 0.15) is 18.2 Å². The Balaban J connectivity index is 1.62. The van der Waals surface area contributed by atoms with Crippen LogP contribution in [0.15, 0.2) is 42.5 Å². The van der Waals surface area contributed by atoms with Crippen molar-refractivity contribution in [1.29, 1.82) is 0 Å². The third kappa shape index (κ3) is 6.29. The van der Waals surface area contributed by atoms with Crippen LogP contribution in [-0.4, -0.2) is 32.8 Å². The van der Waals surface area contributed by atoms with Crippen LogP contribution in [0.1, 0.15) is 5.56 Å². The summed E-state index contributed by atoms with van der Waals surface area (Å²) in [5, 5.41) is 5.31. The Morgan fingerprint density at radius 3 is 2.64 bits per heavy atom. The van der Waals surface area contributed by atoms with Crippen molar-refractivity contribution in [3.8, 4) is 11.5 Å². The molecular weight excluding hydrogens is 330 g/mol. The first-order chi connectivity index (χ1) is 12.1. The lowest BCUT2D eigenvalue weighted by Crippen LogP contribution is -2.38. The van der Waals surface area contributed by atoms with Gasteiger partial charge in [-0.3, -0.25) is 0 Å². The van der Waals surface area contributed by atoms with Crippen LogP contribution >= 0.6 is 0 Å². The molecule has 2 rings (SSSR count). The molecule has 0 aliphatic carbocycles. The Morgan fingerprint density at radius 1 is 1.08 bits per heavy atom. The molecule has 2 aromatic carbocycles. The highest BCUT2D eigenvalue weighted by Crippen LogP contribution is 2.17. The molecule has 0 bridgehead atoms. The maximum Gasteiger partial charge on any atom is 0.314 e. The molecule has 0 saturated heterocycles. The molecular formula is C18H20F2N2O3. The van der Waals surface area contributed by atoms with E-state index in [1.807, 2.05) is 24.3 Å². The topological polar surface area (TPSA) is 59.6 Å². The lowest BCUT2D eigenvalue weighted by molar-refractivity contribution is 0.236. The van der Waals surface area contributed by atoms with Crippen molar-refractivity contribution in [2.24, 2.45) is 0 Å². The van der Waals surface area contributed by atoms with Gasteiger partial charge in [-0.05, 0) is 36.2 Å². The Bertz CT molecular complexity index is 710. The van der Waals surface area contributed by atoms with Gasteiger partial charge in [-0.2, -0.15) is 0 Å². The predicted octanol–water partition coefficient (Wildman–Crippen LogP) is 2.89. The number of benzene rings is 2. The van der Waals surface area contributed by atoms with Gasteiger partial charge in [-0.15, -0.1) is 0 Å². The van der Waals surface area contributed by atoms with Crippen molar-refractivity contribution in [1.82, 2.24) is 10.6 Å². The molecule has 7 heteroatoms. The number of hydrogen-bond donors (Lipinski definition) is 2. The third-order valence-electron chi connectivity index (χ3n) is 3.37. The van der Waals surface area contributed by atoms with E-state index in [0.717, 1.165) is 23.4 Å². The summed E-state index contributed by atoms with van der Waals surface area (Å²) in [6, 6.07) is 10.3. The number of methoxy groups -OCH3 is 1. The Labute approximate surface area is 144 Å². The number of rotatable bonds is 8. The molecule has 0 fully saturated rings. The van der Waals surface area contributed by atoms with E-state index >= 15 is 0 Å². The number of ether oxygens (including phenoxy) is 2. The number of halogens is 2. The van der Waals surface area contributed by atoms with Crippen LogP contribution in [0.2, 0.25) is 0 Å². The van der Waals surface area contributed by atoms with E-state index in [0.29, 0.717) is 13.0 Å². The van der Waals surface area contributed by atoms with E-state index in [1.165, 1.54) is 6.07 Å². The zero-order valence-electron chi connectivity index (χ0n) is 13.9. The van der Waals surface area contributed by atoms with Crippen molar-refractivity contribution in [2.45, 2.75) is 6.42 Å². The minimum Gasteiger partial charge on any atom is -0.497 e. The molecule has 2 aromatic rings. The van der Waals surface area contributed by atoms with E-state index in [9.17, 15) is 13.6 Å². The van der Waals surface area contributed by atoms with Crippen molar-refractivity contribution in [3.05, 3.63) is 59.7 Å². The monoisotopic (exact) mass is 350 g/mol. The second-order valence-electron chi connectivity index (χ2n) is 5.21. The number of nitrogens with one attached hydrogen (secondary N) is 2. The second kappa shape index (κ2) is 9.46. The van der Waals surface area contributed by atoms with Crippen molar-refractivity contribution < 1.29 is 23.0 Å². The zero-order chi connectivity index (χ0) is 18.1. The predicted molar refractivity (Wildman–Crippen MR) is 90.0 cm³/mol. The van der Waals surface area contributed by atoms with Gasteiger partial charge >= 0.3 is 6.03 Å². The zero-order valence-corrected chi connectivity index (χ0v) is 13.9. The molecule has 0 heterocycles. The molecule has 25 heavy (non-hydrogen) atoms. The van der Waals surface area contributed by atoms with Crippen molar-refractivity contribution in [2.75, 3.05) is 26.8 Å². The van der Waals surface area contributed by atoms with Crippen LogP contribution < -0.4 is 20.1 Å². The first kappa shape index (κ1) is 18.5. The van der Waals surface area contributed by atoms with Gasteiger partial charge in [0.05, 0.1) is 13.7 Å². The van der Waals surface area contributed by atoms with Crippen LogP contribution in [0.4, 0.5) is 13.6 Å². The lowest BCUT2D eigenvalue weighted by Gasteiger charge is -2.10. The Kier molecular flexibility index (Phi) is 7.00. The molecule has 0 aliphatic rings. The average Bonchev–Trinajstić information content (AvgIpc) is 2.60. The second-order valence-corrected chi connectivity index (χ2v) is 5.21. The fourth-order valence-corrected chi connectivity index (χ4v) is 2.13. The van der Waals surface area contributed by atoms with Gasteiger partial charge in [0.15, 0.2) is 11.6 Å². The quantitative estimate of drug-likeness (QED) is 0.720. The summed E-state index contributed by atoms with van der Waals surface area (Å²) in [5.41, 5.74) is 1.05. The minimum atomic E-state index is -0.775. The normalized spacial score (nSPS) is 10.2. The molecule has 0 atom stereocenters. The molecule has 2 amide bonds. The summed E-state index contributed by atoms with van der Waals surface area (Å²) in [5.74, 6) is -0.727. The fraction of sp³-hybridized carbons (Fsp3) is 0.278. The summed E-state index contributed by atoms with van der Waals surface area (Å²) in [6.07, 6.45) is 0.669. The van der Waals surface area contributed by atoms with E-state index in [4.69, 9.17) is 9.47 Å². The lowest BCUT2D eigenvalue weighted by atomic mass is 10.1. The standard InChI is InChI=1S/C18H20F2N2O3/c1-24-15-4-2-3-13(11-15)7-8-21-18(23)22-9-10-25-17-6-5-14(19)12-16(17)20/h2-6,11-12H,7-10H2,1H3,(H2,21,22,23). The van der Waals surface area contributed by atoms with Crippen molar-refractivity contribution >= 4 is 6.03 Å². The molecule has 0 spiro atoms. The summed E-state index contributed by atoms with van der Waals surface area (Å²) in [4.78, 5) is 11.7. The number of carbonyl (C=O) groups excluding carboxylic acids is 1. The van der Waals surface area contributed by atoms with Crippen LogP contribution in [0.25, 0.3) is 0 Å². The smallest absolute Gasteiger partial charge is 0.314 e. The van der Waals surface area contributed by atoms with E-state index in [1.54, 1.807) is 7.11 Å². The molecule has 0 radical (unpaired) electrons. The fourth-order valence-electron chi connectivity index (χ4n) is 2.13.